The lowest BCUT2D eigenvalue weighted by Crippen LogP contribution is -2.50. The number of furan rings is 2. The van der Waals surface area contributed by atoms with E-state index in [0.29, 0.717) is 11.5 Å². The summed E-state index contributed by atoms with van der Waals surface area (Å²) in [5.41, 5.74) is 0. The van der Waals surface area contributed by atoms with E-state index in [1.54, 1.807) is 41.7 Å². The molecule has 1 aliphatic heterocycles. The maximum Gasteiger partial charge on any atom is 0.220 e. The minimum Gasteiger partial charge on any atom is -0.467 e. The molecule has 1 fully saturated rings. The molecule has 3 heterocycles. The number of amides is 1. The van der Waals surface area contributed by atoms with Crippen molar-refractivity contribution < 1.29 is 18.4 Å². The lowest BCUT2D eigenvalue weighted by Gasteiger charge is -2.45. The number of ketones is 1. The molecule has 0 N–H and O–H groups in total. The van der Waals surface area contributed by atoms with Gasteiger partial charge in [0.15, 0.2) is 0 Å². The van der Waals surface area contributed by atoms with Crippen molar-refractivity contribution in [1.29, 1.82) is 0 Å². The van der Waals surface area contributed by atoms with Crippen molar-refractivity contribution in [3.63, 3.8) is 0 Å². The Morgan fingerprint density at radius 3 is 1.77 bits per heavy atom. The third-order valence-corrected chi connectivity index (χ3v) is 4.48. The molecular formula is C17H19NO4. The standard InChI is InChI=1S/C17H19NO4/c1-10-15(13-6-4-8-21-13)18(12(3)19)16(11(2)17(10)20)14-7-5-9-22-14/h4-11,15-16H,1-3H3/t10-,11+,15+,16-. The predicted molar refractivity (Wildman–Crippen MR) is 78.8 cm³/mol. The quantitative estimate of drug-likeness (QED) is 0.853. The summed E-state index contributed by atoms with van der Waals surface area (Å²) in [5.74, 6) is 0.612. The highest BCUT2D eigenvalue weighted by Crippen LogP contribution is 2.46. The maximum atomic E-state index is 12.7. The first-order chi connectivity index (χ1) is 10.5. The summed E-state index contributed by atoms with van der Waals surface area (Å²) in [5, 5.41) is 0. The normalized spacial score (nSPS) is 28.9. The SMILES string of the molecule is CC(=O)N1[C@H](c2ccco2)[C@@H](C)C(=O)[C@@H](C)[C@@H]1c1ccco1. The highest BCUT2D eigenvalue weighted by molar-refractivity contribution is 5.88. The van der Waals surface area contributed by atoms with E-state index < -0.39 is 12.1 Å². The molecule has 1 saturated heterocycles. The molecule has 2 aromatic heterocycles. The van der Waals surface area contributed by atoms with Crippen LogP contribution in [0.4, 0.5) is 0 Å². The van der Waals surface area contributed by atoms with Gasteiger partial charge in [-0.05, 0) is 24.3 Å². The molecule has 2 aromatic rings. The Morgan fingerprint density at radius 1 is 1.00 bits per heavy atom. The van der Waals surface area contributed by atoms with Gasteiger partial charge in [-0.1, -0.05) is 13.8 Å². The average molecular weight is 301 g/mol. The van der Waals surface area contributed by atoms with Crippen molar-refractivity contribution >= 4 is 11.7 Å². The molecule has 1 aliphatic rings. The number of piperidine rings is 1. The van der Waals surface area contributed by atoms with E-state index in [2.05, 4.69) is 0 Å². The first kappa shape index (κ1) is 14.6. The molecule has 4 atom stereocenters. The lowest BCUT2D eigenvalue weighted by atomic mass is 9.77. The van der Waals surface area contributed by atoms with Crippen LogP contribution in [0, 0.1) is 11.8 Å². The maximum absolute atomic E-state index is 12.7. The van der Waals surface area contributed by atoms with Crippen LogP contribution < -0.4 is 0 Å². The van der Waals surface area contributed by atoms with Crippen LogP contribution >= 0.6 is 0 Å². The fraction of sp³-hybridized carbons (Fsp3) is 0.412. The van der Waals surface area contributed by atoms with Crippen LogP contribution in [0.15, 0.2) is 45.6 Å². The van der Waals surface area contributed by atoms with E-state index in [1.807, 2.05) is 13.8 Å². The molecular weight excluding hydrogens is 282 g/mol. The summed E-state index contributed by atoms with van der Waals surface area (Å²) in [7, 11) is 0. The van der Waals surface area contributed by atoms with Gasteiger partial charge < -0.3 is 13.7 Å². The number of carbonyl (C=O) groups is 2. The molecule has 0 unspecified atom stereocenters. The molecule has 0 bridgehead atoms. The molecule has 3 rings (SSSR count). The van der Waals surface area contributed by atoms with Gasteiger partial charge in [0.2, 0.25) is 5.91 Å². The first-order valence-electron chi connectivity index (χ1n) is 7.41. The van der Waals surface area contributed by atoms with Crippen molar-refractivity contribution in [2.45, 2.75) is 32.9 Å². The number of Topliss-reactive ketones (excluding diaryl/α,β-unsaturated/α-hetero) is 1. The molecule has 0 radical (unpaired) electrons. The van der Waals surface area contributed by atoms with E-state index >= 15 is 0 Å². The molecule has 1 amide bonds. The third-order valence-electron chi connectivity index (χ3n) is 4.48. The second-order valence-electron chi connectivity index (χ2n) is 5.83. The van der Waals surface area contributed by atoms with Gasteiger partial charge in [0, 0.05) is 18.8 Å². The van der Waals surface area contributed by atoms with Crippen LogP contribution in [0.25, 0.3) is 0 Å². The van der Waals surface area contributed by atoms with Crippen LogP contribution in [0.1, 0.15) is 44.4 Å². The molecule has 5 heteroatoms. The Kier molecular flexibility index (Phi) is 3.64. The largest absolute Gasteiger partial charge is 0.467 e. The van der Waals surface area contributed by atoms with Gasteiger partial charge in [0.1, 0.15) is 17.3 Å². The van der Waals surface area contributed by atoms with Gasteiger partial charge in [-0.3, -0.25) is 9.59 Å². The summed E-state index contributed by atoms with van der Waals surface area (Å²) in [6.45, 7) is 5.21. The van der Waals surface area contributed by atoms with Crippen molar-refractivity contribution in [3.05, 3.63) is 48.3 Å². The van der Waals surface area contributed by atoms with Crippen molar-refractivity contribution in [2.24, 2.45) is 11.8 Å². The van der Waals surface area contributed by atoms with Crippen molar-refractivity contribution in [1.82, 2.24) is 4.90 Å². The van der Waals surface area contributed by atoms with Gasteiger partial charge in [-0.2, -0.15) is 0 Å². The monoisotopic (exact) mass is 301 g/mol. The second-order valence-corrected chi connectivity index (χ2v) is 5.83. The second kappa shape index (κ2) is 5.48. The number of nitrogens with zero attached hydrogens (tertiary/aromatic N) is 1. The predicted octanol–water partition coefficient (Wildman–Crippen LogP) is 3.36. The molecule has 22 heavy (non-hydrogen) atoms. The molecule has 0 aliphatic carbocycles. The molecule has 0 spiro atoms. The van der Waals surface area contributed by atoms with Gasteiger partial charge in [0.05, 0.1) is 24.6 Å². The molecule has 5 nitrogen and oxygen atoms in total. The number of hydrogen-bond donors (Lipinski definition) is 0. The van der Waals surface area contributed by atoms with Crippen LogP contribution in [0.3, 0.4) is 0 Å². The average Bonchev–Trinajstić information content (AvgIpc) is 3.17. The van der Waals surface area contributed by atoms with Crippen molar-refractivity contribution in [2.75, 3.05) is 0 Å². The van der Waals surface area contributed by atoms with E-state index in [-0.39, 0.29) is 23.5 Å². The van der Waals surface area contributed by atoms with Crippen LogP contribution in [0.5, 0.6) is 0 Å². The zero-order chi connectivity index (χ0) is 15.9. The van der Waals surface area contributed by atoms with Crippen LogP contribution in [-0.2, 0) is 9.59 Å². The van der Waals surface area contributed by atoms with E-state index in [4.69, 9.17) is 8.83 Å². The van der Waals surface area contributed by atoms with Crippen LogP contribution in [-0.4, -0.2) is 16.6 Å². The zero-order valence-electron chi connectivity index (χ0n) is 12.9. The summed E-state index contributed by atoms with van der Waals surface area (Å²) < 4.78 is 11.0. The smallest absolute Gasteiger partial charge is 0.220 e. The zero-order valence-corrected chi connectivity index (χ0v) is 12.9. The Balaban J connectivity index is 2.12. The molecule has 0 aromatic carbocycles. The van der Waals surface area contributed by atoms with E-state index in [0.717, 1.165) is 0 Å². The lowest BCUT2D eigenvalue weighted by molar-refractivity contribution is -0.151. The summed E-state index contributed by atoms with van der Waals surface area (Å²) in [4.78, 5) is 26.7. The number of rotatable bonds is 2. The summed E-state index contributed by atoms with van der Waals surface area (Å²) in [6.07, 6.45) is 3.12. The highest BCUT2D eigenvalue weighted by atomic mass is 16.3. The Morgan fingerprint density at radius 2 is 1.45 bits per heavy atom. The van der Waals surface area contributed by atoms with Crippen LogP contribution in [0.2, 0.25) is 0 Å². The summed E-state index contributed by atoms with van der Waals surface area (Å²) >= 11 is 0. The van der Waals surface area contributed by atoms with Gasteiger partial charge >= 0.3 is 0 Å². The van der Waals surface area contributed by atoms with Gasteiger partial charge in [-0.15, -0.1) is 0 Å². The Hall–Kier alpha value is -2.30. The van der Waals surface area contributed by atoms with E-state index in [9.17, 15) is 9.59 Å². The molecule has 0 saturated carbocycles. The number of carbonyl (C=O) groups excluding carboxylic acids is 2. The minimum atomic E-state index is -0.411. The minimum absolute atomic E-state index is 0.103. The highest BCUT2D eigenvalue weighted by Gasteiger charge is 2.49. The first-order valence-corrected chi connectivity index (χ1v) is 7.41. The van der Waals surface area contributed by atoms with E-state index in [1.165, 1.54) is 6.92 Å². The van der Waals surface area contributed by atoms with Gasteiger partial charge in [-0.25, -0.2) is 0 Å². The number of hydrogen-bond acceptors (Lipinski definition) is 4. The fourth-order valence-electron chi connectivity index (χ4n) is 3.46. The summed E-state index contributed by atoms with van der Waals surface area (Å²) in [6, 6.07) is 6.33. The third kappa shape index (κ3) is 2.17. The van der Waals surface area contributed by atoms with Gasteiger partial charge in [0.25, 0.3) is 0 Å². The fourth-order valence-corrected chi connectivity index (χ4v) is 3.46. The van der Waals surface area contributed by atoms with Crippen molar-refractivity contribution in [3.8, 4) is 0 Å². The Labute approximate surface area is 128 Å². The molecule has 116 valence electrons. The number of likely N-dealkylation sites (tertiary alicyclic amines) is 1. The topological polar surface area (TPSA) is 63.7 Å². The Bertz CT molecular complexity index is 609.